The molecule has 1 aliphatic carbocycles. The highest BCUT2D eigenvalue weighted by molar-refractivity contribution is 7.20. The number of benzene rings is 1. The van der Waals surface area contributed by atoms with Gasteiger partial charge in [0.25, 0.3) is 5.91 Å². The number of hydrogen-bond donors (Lipinski definition) is 2. The van der Waals surface area contributed by atoms with Crippen molar-refractivity contribution in [3.8, 4) is 0 Å². The van der Waals surface area contributed by atoms with Crippen LogP contribution >= 0.6 is 11.3 Å². The Bertz CT molecular complexity index is 910. The normalized spacial score (nSPS) is 21.2. The van der Waals surface area contributed by atoms with Crippen LogP contribution in [-0.2, 0) is 0 Å². The van der Waals surface area contributed by atoms with Crippen molar-refractivity contribution >= 4 is 38.4 Å². The number of thiophene rings is 1. The Morgan fingerprint density at radius 2 is 1.96 bits per heavy atom. The molecule has 1 aromatic carbocycles. The molecular formula is C19H20N2O2S. The molecule has 0 unspecified atom stereocenters. The zero-order chi connectivity index (χ0) is 16.7. The van der Waals surface area contributed by atoms with Crippen molar-refractivity contribution in [2.45, 2.75) is 44.8 Å². The predicted molar refractivity (Wildman–Crippen MR) is 97.6 cm³/mol. The zero-order valence-electron chi connectivity index (χ0n) is 13.6. The van der Waals surface area contributed by atoms with E-state index in [4.69, 9.17) is 0 Å². The van der Waals surface area contributed by atoms with Crippen LogP contribution in [0.1, 0.15) is 40.9 Å². The van der Waals surface area contributed by atoms with Crippen LogP contribution in [0.4, 0.5) is 0 Å². The van der Waals surface area contributed by atoms with E-state index in [1.165, 1.54) is 16.9 Å². The van der Waals surface area contributed by atoms with Gasteiger partial charge < -0.3 is 10.4 Å². The van der Waals surface area contributed by atoms with Crippen molar-refractivity contribution in [2.75, 3.05) is 0 Å². The molecule has 2 N–H and O–H groups in total. The summed E-state index contributed by atoms with van der Waals surface area (Å²) in [6, 6.07) is 10.4. The Morgan fingerprint density at radius 3 is 2.75 bits per heavy atom. The van der Waals surface area contributed by atoms with Crippen molar-refractivity contribution in [3.05, 3.63) is 40.8 Å². The highest BCUT2D eigenvalue weighted by atomic mass is 32.1. The van der Waals surface area contributed by atoms with E-state index in [2.05, 4.69) is 35.4 Å². The van der Waals surface area contributed by atoms with Crippen LogP contribution in [0.2, 0.25) is 0 Å². The second-order valence-corrected chi connectivity index (χ2v) is 7.70. The van der Waals surface area contributed by atoms with Crippen LogP contribution in [0.5, 0.6) is 0 Å². The first kappa shape index (κ1) is 15.5. The minimum absolute atomic E-state index is 0.0281. The van der Waals surface area contributed by atoms with Gasteiger partial charge in [-0.05, 0) is 56.9 Å². The van der Waals surface area contributed by atoms with Gasteiger partial charge in [0.15, 0.2) is 0 Å². The lowest BCUT2D eigenvalue weighted by Crippen LogP contribution is -2.38. The van der Waals surface area contributed by atoms with Crippen molar-refractivity contribution in [1.29, 1.82) is 0 Å². The SMILES string of the molecule is Cc1ccc2nc3sc(C(=O)NC4CCC(O)CC4)cc3cc2c1. The van der Waals surface area contributed by atoms with Crippen LogP contribution in [0.25, 0.3) is 21.1 Å². The van der Waals surface area contributed by atoms with E-state index in [-0.39, 0.29) is 18.1 Å². The zero-order valence-corrected chi connectivity index (χ0v) is 14.4. The smallest absolute Gasteiger partial charge is 0.261 e. The first-order valence-electron chi connectivity index (χ1n) is 8.38. The van der Waals surface area contributed by atoms with Gasteiger partial charge in [-0.1, -0.05) is 11.6 Å². The second-order valence-electron chi connectivity index (χ2n) is 6.67. The third kappa shape index (κ3) is 3.01. The molecule has 0 radical (unpaired) electrons. The molecule has 5 heteroatoms. The number of carbonyl (C=O) groups excluding carboxylic acids is 1. The molecule has 0 atom stereocenters. The summed E-state index contributed by atoms with van der Waals surface area (Å²) in [7, 11) is 0. The van der Waals surface area contributed by atoms with Gasteiger partial charge in [0.2, 0.25) is 0 Å². The molecule has 1 fully saturated rings. The average Bonchev–Trinajstić information content (AvgIpc) is 2.97. The highest BCUT2D eigenvalue weighted by Gasteiger charge is 2.22. The minimum atomic E-state index is -0.206. The van der Waals surface area contributed by atoms with Crippen LogP contribution in [0.3, 0.4) is 0 Å². The first-order chi connectivity index (χ1) is 11.6. The summed E-state index contributed by atoms with van der Waals surface area (Å²) in [5.41, 5.74) is 2.17. The van der Waals surface area contributed by atoms with Crippen LogP contribution in [0, 0.1) is 6.92 Å². The lowest BCUT2D eigenvalue weighted by molar-refractivity contribution is 0.0871. The van der Waals surface area contributed by atoms with Crippen LogP contribution < -0.4 is 5.32 Å². The van der Waals surface area contributed by atoms with E-state index in [0.717, 1.165) is 46.8 Å². The number of rotatable bonds is 2. The Hall–Kier alpha value is -1.98. The van der Waals surface area contributed by atoms with Gasteiger partial charge in [0.05, 0.1) is 16.5 Å². The maximum absolute atomic E-state index is 12.5. The van der Waals surface area contributed by atoms with E-state index in [0.29, 0.717) is 4.88 Å². The van der Waals surface area contributed by atoms with E-state index >= 15 is 0 Å². The molecule has 0 aliphatic heterocycles. The number of fused-ring (bicyclic) bond motifs is 2. The lowest BCUT2D eigenvalue weighted by Gasteiger charge is -2.25. The Balaban J connectivity index is 1.59. The molecule has 0 bridgehead atoms. The molecule has 1 amide bonds. The molecule has 2 aromatic heterocycles. The molecule has 1 aliphatic rings. The van der Waals surface area contributed by atoms with Gasteiger partial charge in [-0.15, -0.1) is 11.3 Å². The van der Waals surface area contributed by atoms with E-state index in [1.807, 2.05) is 12.1 Å². The number of amides is 1. The lowest BCUT2D eigenvalue weighted by atomic mass is 9.93. The summed E-state index contributed by atoms with van der Waals surface area (Å²) >= 11 is 1.44. The number of nitrogens with one attached hydrogen (secondary N) is 1. The number of aliphatic hydroxyl groups is 1. The largest absolute Gasteiger partial charge is 0.393 e. The molecule has 24 heavy (non-hydrogen) atoms. The van der Waals surface area contributed by atoms with Crippen LogP contribution in [0.15, 0.2) is 30.3 Å². The summed E-state index contributed by atoms with van der Waals surface area (Å²) in [6.45, 7) is 2.07. The number of aliphatic hydroxyl groups excluding tert-OH is 1. The summed E-state index contributed by atoms with van der Waals surface area (Å²) in [5.74, 6) is -0.0281. The Labute approximate surface area is 144 Å². The second kappa shape index (κ2) is 6.15. The summed E-state index contributed by atoms with van der Waals surface area (Å²) in [4.78, 5) is 18.8. The molecule has 4 nitrogen and oxygen atoms in total. The van der Waals surface area contributed by atoms with Gasteiger partial charge >= 0.3 is 0 Å². The maximum atomic E-state index is 12.5. The van der Waals surface area contributed by atoms with E-state index in [9.17, 15) is 9.90 Å². The summed E-state index contributed by atoms with van der Waals surface area (Å²) in [5, 5.41) is 14.8. The van der Waals surface area contributed by atoms with E-state index in [1.54, 1.807) is 0 Å². The number of pyridine rings is 1. The monoisotopic (exact) mass is 340 g/mol. The fourth-order valence-corrected chi connectivity index (χ4v) is 4.27. The van der Waals surface area contributed by atoms with Gasteiger partial charge in [0, 0.05) is 16.8 Å². The van der Waals surface area contributed by atoms with Gasteiger partial charge in [0.1, 0.15) is 4.83 Å². The van der Waals surface area contributed by atoms with Gasteiger partial charge in [-0.2, -0.15) is 0 Å². The topological polar surface area (TPSA) is 62.2 Å². The van der Waals surface area contributed by atoms with E-state index < -0.39 is 0 Å². The minimum Gasteiger partial charge on any atom is -0.393 e. The molecule has 3 aromatic rings. The Kier molecular flexibility index (Phi) is 3.98. The first-order valence-corrected chi connectivity index (χ1v) is 9.20. The van der Waals surface area contributed by atoms with Crippen molar-refractivity contribution in [2.24, 2.45) is 0 Å². The summed E-state index contributed by atoms with van der Waals surface area (Å²) < 4.78 is 0. The van der Waals surface area contributed by atoms with Crippen LogP contribution in [-0.4, -0.2) is 28.1 Å². The number of aromatic nitrogens is 1. The predicted octanol–water partition coefficient (Wildman–Crippen LogP) is 3.79. The fraction of sp³-hybridized carbons (Fsp3) is 0.368. The van der Waals surface area contributed by atoms with Crippen molar-refractivity contribution in [1.82, 2.24) is 10.3 Å². The Morgan fingerprint density at radius 1 is 1.17 bits per heavy atom. The standard InChI is InChI=1S/C19H20N2O2S/c1-11-2-7-16-12(8-11)9-13-10-17(24-19(13)21-16)18(23)20-14-3-5-15(22)6-4-14/h2,7-10,14-15,22H,3-6H2,1H3,(H,20,23). The molecule has 4 rings (SSSR count). The average molecular weight is 340 g/mol. The number of nitrogens with zero attached hydrogens (tertiary/aromatic N) is 1. The third-order valence-electron chi connectivity index (χ3n) is 4.71. The summed E-state index contributed by atoms with van der Waals surface area (Å²) in [6.07, 6.45) is 3.02. The number of carbonyl (C=O) groups is 1. The number of aryl methyl sites for hydroxylation is 1. The van der Waals surface area contributed by atoms with Crippen molar-refractivity contribution < 1.29 is 9.90 Å². The molecule has 0 spiro atoms. The molecule has 0 saturated heterocycles. The molecular weight excluding hydrogens is 320 g/mol. The fourth-order valence-electron chi connectivity index (χ4n) is 3.34. The molecule has 2 heterocycles. The number of hydrogen-bond acceptors (Lipinski definition) is 4. The highest BCUT2D eigenvalue weighted by Crippen LogP contribution is 2.28. The molecule has 124 valence electrons. The van der Waals surface area contributed by atoms with Gasteiger partial charge in [-0.25, -0.2) is 4.98 Å². The van der Waals surface area contributed by atoms with Gasteiger partial charge in [-0.3, -0.25) is 4.79 Å². The third-order valence-corrected chi connectivity index (χ3v) is 5.76. The quantitative estimate of drug-likeness (QED) is 0.746. The maximum Gasteiger partial charge on any atom is 0.261 e. The van der Waals surface area contributed by atoms with Crippen molar-refractivity contribution in [3.63, 3.8) is 0 Å². The molecule has 1 saturated carbocycles.